The topological polar surface area (TPSA) is 62.1 Å². The maximum Gasteiger partial charge on any atom is 0.306 e. The SMILES string of the molecule is COC(=O)CCNC(C)CC#N. The number of esters is 1. The number of hydrogen-bond donors (Lipinski definition) is 1. The average Bonchev–Trinajstić information content (AvgIpc) is 2.04. The van der Waals surface area contributed by atoms with Gasteiger partial charge < -0.3 is 10.1 Å². The van der Waals surface area contributed by atoms with E-state index in [0.29, 0.717) is 19.4 Å². The fourth-order valence-corrected chi connectivity index (χ4v) is 0.732. The number of hydrogen-bond acceptors (Lipinski definition) is 4. The molecule has 0 aromatic rings. The van der Waals surface area contributed by atoms with Crippen LogP contribution in [0.4, 0.5) is 0 Å². The minimum absolute atomic E-state index is 0.139. The Hall–Kier alpha value is -1.08. The van der Waals surface area contributed by atoms with Gasteiger partial charge in [0.15, 0.2) is 0 Å². The Morgan fingerprint density at radius 1 is 1.75 bits per heavy atom. The number of rotatable bonds is 5. The highest BCUT2D eigenvalue weighted by Crippen LogP contribution is 1.88. The zero-order valence-electron chi connectivity index (χ0n) is 7.46. The molecular weight excluding hydrogens is 156 g/mol. The summed E-state index contributed by atoms with van der Waals surface area (Å²) < 4.78 is 4.45. The molecule has 0 saturated carbocycles. The Balaban J connectivity index is 3.31. The first kappa shape index (κ1) is 10.9. The van der Waals surface area contributed by atoms with E-state index >= 15 is 0 Å². The van der Waals surface area contributed by atoms with Crippen LogP contribution in [0.25, 0.3) is 0 Å². The van der Waals surface area contributed by atoms with Crippen molar-refractivity contribution in [3.05, 3.63) is 0 Å². The lowest BCUT2D eigenvalue weighted by molar-refractivity contribution is -0.140. The van der Waals surface area contributed by atoms with Crippen LogP contribution in [0, 0.1) is 11.3 Å². The van der Waals surface area contributed by atoms with E-state index in [1.807, 2.05) is 13.0 Å². The molecule has 1 unspecified atom stereocenters. The summed E-state index contributed by atoms with van der Waals surface area (Å²) in [5, 5.41) is 11.3. The molecule has 4 nitrogen and oxygen atoms in total. The summed E-state index contributed by atoms with van der Waals surface area (Å²) >= 11 is 0. The second kappa shape index (κ2) is 6.62. The van der Waals surface area contributed by atoms with Crippen LogP contribution >= 0.6 is 0 Å². The molecule has 0 aromatic carbocycles. The third kappa shape index (κ3) is 5.69. The van der Waals surface area contributed by atoms with E-state index in [0.717, 1.165) is 0 Å². The highest BCUT2D eigenvalue weighted by atomic mass is 16.5. The summed E-state index contributed by atoms with van der Waals surface area (Å²) in [7, 11) is 1.36. The molecule has 0 aliphatic heterocycles. The van der Waals surface area contributed by atoms with Crippen molar-refractivity contribution in [1.29, 1.82) is 5.26 Å². The van der Waals surface area contributed by atoms with Gasteiger partial charge >= 0.3 is 5.97 Å². The molecule has 68 valence electrons. The normalized spacial score (nSPS) is 11.8. The zero-order chi connectivity index (χ0) is 9.40. The summed E-state index contributed by atoms with van der Waals surface area (Å²) in [5.41, 5.74) is 0. The van der Waals surface area contributed by atoms with Gasteiger partial charge in [0.05, 0.1) is 26.0 Å². The van der Waals surface area contributed by atoms with Crippen LogP contribution in [0.15, 0.2) is 0 Å². The number of ether oxygens (including phenoxy) is 1. The first-order chi connectivity index (χ1) is 5.70. The van der Waals surface area contributed by atoms with E-state index in [1.165, 1.54) is 7.11 Å². The van der Waals surface area contributed by atoms with Gasteiger partial charge in [0, 0.05) is 12.6 Å². The van der Waals surface area contributed by atoms with Crippen molar-refractivity contribution in [2.24, 2.45) is 0 Å². The predicted molar refractivity (Wildman–Crippen MR) is 44.3 cm³/mol. The third-order valence-electron chi connectivity index (χ3n) is 1.45. The summed E-state index contributed by atoms with van der Waals surface area (Å²) in [4.78, 5) is 10.6. The Morgan fingerprint density at radius 3 is 2.92 bits per heavy atom. The van der Waals surface area contributed by atoms with E-state index in [2.05, 4.69) is 10.1 Å². The van der Waals surface area contributed by atoms with E-state index in [4.69, 9.17) is 5.26 Å². The van der Waals surface area contributed by atoms with Gasteiger partial charge in [-0.2, -0.15) is 5.26 Å². The maximum atomic E-state index is 10.6. The van der Waals surface area contributed by atoms with Crippen LogP contribution in [0.5, 0.6) is 0 Å². The van der Waals surface area contributed by atoms with Crippen molar-refractivity contribution in [3.63, 3.8) is 0 Å². The van der Waals surface area contributed by atoms with Gasteiger partial charge in [0.25, 0.3) is 0 Å². The van der Waals surface area contributed by atoms with Crippen LogP contribution in [0.3, 0.4) is 0 Å². The first-order valence-corrected chi connectivity index (χ1v) is 3.88. The molecular formula is C8H14N2O2. The van der Waals surface area contributed by atoms with Gasteiger partial charge in [-0.3, -0.25) is 4.79 Å². The quantitative estimate of drug-likeness (QED) is 0.608. The molecule has 0 aromatic heterocycles. The number of nitriles is 1. The zero-order valence-corrected chi connectivity index (χ0v) is 7.46. The van der Waals surface area contributed by atoms with Crippen LogP contribution in [0.1, 0.15) is 19.8 Å². The Bertz CT molecular complexity index is 174. The van der Waals surface area contributed by atoms with Crippen LogP contribution in [-0.4, -0.2) is 25.7 Å². The van der Waals surface area contributed by atoms with Gasteiger partial charge in [0.2, 0.25) is 0 Å². The average molecular weight is 170 g/mol. The fourth-order valence-electron chi connectivity index (χ4n) is 0.732. The summed E-state index contributed by atoms with van der Waals surface area (Å²) in [6, 6.07) is 2.18. The van der Waals surface area contributed by atoms with Crippen molar-refractivity contribution in [2.75, 3.05) is 13.7 Å². The molecule has 0 bridgehead atoms. The molecule has 1 atom stereocenters. The molecule has 0 aliphatic carbocycles. The van der Waals surface area contributed by atoms with Gasteiger partial charge in [0.1, 0.15) is 0 Å². The maximum absolute atomic E-state index is 10.6. The van der Waals surface area contributed by atoms with Crippen LogP contribution in [0.2, 0.25) is 0 Å². The number of nitrogens with zero attached hydrogens (tertiary/aromatic N) is 1. The first-order valence-electron chi connectivity index (χ1n) is 3.88. The minimum atomic E-state index is -0.230. The molecule has 0 amide bonds. The number of methoxy groups -OCH3 is 1. The standard InChI is InChI=1S/C8H14N2O2/c1-7(3-5-9)10-6-4-8(11)12-2/h7,10H,3-4,6H2,1-2H3. The Labute approximate surface area is 72.5 Å². The minimum Gasteiger partial charge on any atom is -0.469 e. The van der Waals surface area contributed by atoms with Gasteiger partial charge in [-0.25, -0.2) is 0 Å². The summed E-state index contributed by atoms with van der Waals surface area (Å²) in [5.74, 6) is -0.230. The fraction of sp³-hybridized carbons (Fsp3) is 0.750. The molecule has 0 heterocycles. The molecule has 0 spiro atoms. The highest BCUT2D eigenvalue weighted by Gasteiger charge is 2.02. The van der Waals surface area contributed by atoms with Crippen molar-refractivity contribution < 1.29 is 9.53 Å². The smallest absolute Gasteiger partial charge is 0.306 e. The monoisotopic (exact) mass is 170 g/mol. The molecule has 0 aliphatic rings. The van der Waals surface area contributed by atoms with Crippen molar-refractivity contribution in [3.8, 4) is 6.07 Å². The second-order valence-corrected chi connectivity index (χ2v) is 2.54. The third-order valence-corrected chi connectivity index (χ3v) is 1.45. The van der Waals surface area contributed by atoms with Crippen LogP contribution in [-0.2, 0) is 9.53 Å². The molecule has 1 N–H and O–H groups in total. The lowest BCUT2D eigenvalue weighted by Gasteiger charge is -2.08. The number of carbonyl (C=O) groups excluding carboxylic acids is 1. The van der Waals surface area contributed by atoms with Gasteiger partial charge in [-0.05, 0) is 6.92 Å². The molecule has 0 rings (SSSR count). The van der Waals surface area contributed by atoms with Gasteiger partial charge in [-0.1, -0.05) is 0 Å². The lowest BCUT2D eigenvalue weighted by Crippen LogP contribution is -2.28. The molecule has 0 radical (unpaired) electrons. The molecule has 4 heteroatoms. The van der Waals surface area contributed by atoms with E-state index in [-0.39, 0.29) is 12.0 Å². The van der Waals surface area contributed by atoms with E-state index in [1.54, 1.807) is 0 Å². The van der Waals surface area contributed by atoms with Gasteiger partial charge in [-0.15, -0.1) is 0 Å². The highest BCUT2D eigenvalue weighted by molar-refractivity contribution is 5.69. The lowest BCUT2D eigenvalue weighted by atomic mass is 10.2. The Morgan fingerprint density at radius 2 is 2.42 bits per heavy atom. The number of nitrogens with one attached hydrogen (secondary N) is 1. The van der Waals surface area contributed by atoms with Crippen molar-refractivity contribution >= 4 is 5.97 Å². The summed E-state index contributed by atoms with van der Waals surface area (Å²) in [6.07, 6.45) is 0.813. The van der Waals surface area contributed by atoms with Crippen molar-refractivity contribution in [1.82, 2.24) is 5.32 Å². The van der Waals surface area contributed by atoms with E-state index in [9.17, 15) is 4.79 Å². The Kier molecular flexibility index (Phi) is 6.02. The number of carbonyl (C=O) groups is 1. The molecule has 12 heavy (non-hydrogen) atoms. The largest absolute Gasteiger partial charge is 0.469 e. The second-order valence-electron chi connectivity index (χ2n) is 2.54. The van der Waals surface area contributed by atoms with Crippen molar-refractivity contribution in [2.45, 2.75) is 25.8 Å². The van der Waals surface area contributed by atoms with E-state index < -0.39 is 0 Å². The summed E-state index contributed by atoms with van der Waals surface area (Å²) in [6.45, 7) is 2.47. The molecule has 0 fully saturated rings. The van der Waals surface area contributed by atoms with Crippen LogP contribution < -0.4 is 5.32 Å². The predicted octanol–water partition coefficient (Wildman–Crippen LogP) is 0.441. The molecule has 0 saturated heterocycles.